The van der Waals surface area contributed by atoms with Crippen molar-refractivity contribution in [3.8, 4) is 0 Å². The molecule has 0 bridgehead atoms. The maximum absolute atomic E-state index is 11.9. The minimum Gasteiger partial charge on any atom is -0.442 e. The van der Waals surface area contributed by atoms with Crippen LogP contribution in [0.3, 0.4) is 0 Å². The first-order valence-corrected chi connectivity index (χ1v) is 6.32. The van der Waals surface area contributed by atoms with Crippen molar-refractivity contribution in [2.45, 2.75) is 38.8 Å². The van der Waals surface area contributed by atoms with Gasteiger partial charge in [-0.05, 0) is 32.8 Å². The molecule has 1 aromatic rings. The number of carbonyl (C=O) groups is 2. The lowest BCUT2D eigenvalue weighted by Crippen LogP contribution is -2.52. The van der Waals surface area contributed by atoms with Gasteiger partial charge in [0.1, 0.15) is 5.60 Å². The van der Waals surface area contributed by atoms with Crippen molar-refractivity contribution in [1.29, 1.82) is 0 Å². The Morgan fingerprint density at radius 2 is 1.80 bits per heavy atom. The molecule has 110 valence electrons. The SMILES string of the molecule is CC(C)(C)OC(=O)N(N)C(=O)[C@H](N)Cc1ccccc1. The van der Waals surface area contributed by atoms with E-state index >= 15 is 0 Å². The third kappa shape index (κ3) is 4.99. The van der Waals surface area contributed by atoms with Crippen LogP contribution in [0.25, 0.3) is 0 Å². The summed E-state index contributed by atoms with van der Waals surface area (Å²) in [5, 5.41) is 0.429. The summed E-state index contributed by atoms with van der Waals surface area (Å²) in [5.41, 5.74) is 5.94. The highest BCUT2D eigenvalue weighted by Crippen LogP contribution is 2.09. The molecule has 1 rings (SSSR count). The smallest absolute Gasteiger partial charge is 0.431 e. The lowest BCUT2D eigenvalue weighted by Gasteiger charge is -2.24. The summed E-state index contributed by atoms with van der Waals surface area (Å²) in [5.74, 6) is 4.77. The molecule has 0 saturated heterocycles. The Morgan fingerprint density at radius 3 is 2.30 bits per heavy atom. The number of hydrazine groups is 1. The molecule has 1 atom stereocenters. The van der Waals surface area contributed by atoms with Crippen LogP contribution in [0.1, 0.15) is 26.3 Å². The predicted molar refractivity (Wildman–Crippen MR) is 75.4 cm³/mol. The van der Waals surface area contributed by atoms with Crippen molar-refractivity contribution >= 4 is 12.0 Å². The van der Waals surface area contributed by atoms with E-state index in [2.05, 4.69) is 0 Å². The van der Waals surface area contributed by atoms with Crippen molar-refractivity contribution in [1.82, 2.24) is 5.01 Å². The Labute approximate surface area is 118 Å². The monoisotopic (exact) mass is 279 g/mol. The fourth-order valence-corrected chi connectivity index (χ4v) is 1.54. The number of ether oxygens (including phenoxy) is 1. The number of imide groups is 1. The molecule has 0 fully saturated rings. The number of hydrogen-bond donors (Lipinski definition) is 2. The average Bonchev–Trinajstić information content (AvgIpc) is 2.36. The summed E-state index contributed by atoms with van der Waals surface area (Å²) >= 11 is 0. The lowest BCUT2D eigenvalue weighted by molar-refractivity contribution is -0.132. The fourth-order valence-electron chi connectivity index (χ4n) is 1.54. The third-order valence-electron chi connectivity index (χ3n) is 2.44. The van der Waals surface area contributed by atoms with Crippen LogP contribution < -0.4 is 11.6 Å². The van der Waals surface area contributed by atoms with Crippen LogP contribution in [-0.2, 0) is 16.0 Å². The molecular formula is C14H21N3O3. The van der Waals surface area contributed by atoms with Gasteiger partial charge in [-0.15, -0.1) is 0 Å². The molecule has 4 N–H and O–H groups in total. The fraction of sp³-hybridized carbons (Fsp3) is 0.429. The van der Waals surface area contributed by atoms with E-state index in [0.29, 0.717) is 11.4 Å². The number of hydrogen-bond acceptors (Lipinski definition) is 5. The predicted octanol–water partition coefficient (Wildman–Crippen LogP) is 1.19. The number of nitrogens with two attached hydrogens (primary N) is 2. The van der Waals surface area contributed by atoms with Gasteiger partial charge in [-0.3, -0.25) is 4.79 Å². The van der Waals surface area contributed by atoms with Crippen LogP contribution in [0, 0.1) is 0 Å². The molecule has 0 aliphatic heterocycles. The van der Waals surface area contributed by atoms with Crippen molar-refractivity contribution in [3.63, 3.8) is 0 Å². The van der Waals surface area contributed by atoms with E-state index in [1.807, 2.05) is 30.3 Å². The zero-order valence-corrected chi connectivity index (χ0v) is 12.0. The number of rotatable bonds is 3. The summed E-state index contributed by atoms with van der Waals surface area (Å²) in [4.78, 5) is 23.6. The van der Waals surface area contributed by atoms with Crippen LogP contribution >= 0.6 is 0 Å². The molecule has 0 aliphatic carbocycles. The minimum atomic E-state index is -0.911. The lowest BCUT2D eigenvalue weighted by atomic mass is 10.1. The van der Waals surface area contributed by atoms with E-state index < -0.39 is 23.6 Å². The van der Waals surface area contributed by atoms with Gasteiger partial charge in [-0.2, -0.15) is 5.01 Å². The molecule has 0 saturated carbocycles. The summed E-state index contributed by atoms with van der Waals surface area (Å²) < 4.78 is 5.01. The molecule has 0 unspecified atom stereocenters. The highest BCUT2D eigenvalue weighted by atomic mass is 16.6. The van der Waals surface area contributed by atoms with Gasteiger partial charge in [0.2, 0.25) is 0 Å². The van der Waals surface area contributed by atoms with E-state index in [-0.39, 0.29) is 0 Å². The molecule has 6 nitrogen and oxygen atoms in total. The average molecular weight is 279 g/mol. The zero-order chi connectivity index (χ0) is 15.3. The molecule has 0 heterocycles. The van der Waals surface area contributed by atoms with E-state index in [1.54, 1.807) is 20.8 Å². The quantitative estimate of drug-likeness (QED) is 0.492. The first-order chi connectivity index (χ1) is 9.20. The van der Waals surface area contributed by atoms with Gasteiger partial charge >= 0.3 is 6.09 Å². The van der Waals surface area contributed by atoms with Crippen molar-refractivity contribution in [3.05, 3.63) is 35.9 Å². The van der Waals surface area contributed by atoms with Gasteiger partial charge in [-0.1, -0.05) is 30.3 Å². The van der Waals surface area contributed by atoms with Gasteiger partial charge in [0.15, 0.2) is 0 Å². The van der Waals surface area contributed by atoms with E-state index in [4.69, 9.17) is 16.3 Å². The number of nitrogens with zero attached hydrogens (tertiary/aromatic N) is 1. The molecule has 0 aliphatic rings. The third-order valence-corrected chi connectivity index (χ3v) is 2.44. The van der Waals surface area contributed by atoms with Gasteiger partial charge in [0, 0.05) is 0 Å². The summed E-state index contributed by atoms with van der Waals surface area (Å²) in [6, 6.07) is 8.37. The largest absolute Gasteiger partial charge is 0.442 e. The normalized spacial score (nSPS) is 12.7. The van der Waals surface area contributed by atoms with Crippen LogP contribution in [0.5, 0.6) is 0 Å². The van der Waals surface area contributed by atoms with E-state index in [1.165, 1.54) is 0 Å². The van der Waals surface area contributed by atoms with Crippen molar-refractivity contribution < 1.29 is 14.3 Å². The Morgan fingerprint density at radius 1 is 1.25 bits per heavy atom. The minimum absolute atomic E-state index is 0.302. The second-order valence-electron chi connectivity index (χ2n) is 5.48. The molecule has 20 heavy (non-hydrogen) atoms. The molecule has 0 spiro atoms. The Balaban J connectivity index is 2.62. The van der Waals surface area contributed by atoms with E-state index in [0.717, 1.165) is 5.56 Å². The zero-order valence-electron chi connectivity index (χ0n) is 12.0. The second-order valence-corrected chi connectivity index (χ2v) is 5.48. The van der Waals surface area contributed by atoms with Crippen LogP contribution in [0.15, 0.2) is 30.3 Å². The van der Waals surface area contributed by atoms with Crippen LogP contribution in [-0.4, -0.2) is 28.7 Å². The maximum atomic E-state index is 11.9. The highest BCUT2D eigenvalue weighted by molar-refractivity contribution is 5.94. The molecule has 6 heteroatoms. The molecular weight excluding hydrogens is 258 g/mol. The Bertz CT molecular complexity index is 468. The molecule has 0 radical (unpaired) electrons. The number of benzene rings is 1. The topological polar surface area (TPSA) is 98.6 Å². The van der Waals surface area contributed by atoms with Gasteiger partial charge < -0.3 is 10.5 Å². The number of amides is 2. The Kier molecular flexibility index (Phi) is 5.24. The summed E-state index contributed by atoms with van der Waals surface area (Å²) in [6.45, 7) is 5.06. The first kappa shape index (κ1) is 16.1. The maximum Gasteiger partial charge on any atom is 0.431 e. The van der Waals surface area contributed by atoms with Crippen molar-refractivity contribution in [2.24, 2.45) is 11.6 Å². The summed E-state index contributed by atoms with van der Waals surface area (Å²) in [7, 11) is 0. The summed E-state index contributed by atoms with van der Waals surface area (Å²) in [6.07, 6.45) is -0.609. The molecule has 2 amide bonds. The van der Waals surface area contributed by atoms with Gasteiger partial charge in [-0.25, -0.2) is 10.6 Å². The molecule has 1 aromatic carbocycles. The highest BCUT2D eigenvalue weighted by Gasteiger charge is 2.28. The number of carbonyl (C=O) groups excluding carboxylic acids is 2. The van der Waals surface area contributed by atoms with Gasteiger partial charge in [0.05, 0.1) is 6.04 Å². The Hall–Kier alpha value is -1.92. The molecule has 0 aromatic heterocycles. The standard InChI is InChI=1S/C14H21N3O3/c1-14(2,3)20-13(19)17(16)12(18)11(15)9-10-7-5-4-6-8-10/h4-8,11H,9,15-16H2,1-3H3/t11-/m1/s1. The second kappa shape index (κ2) is 6.49. The first-order valence-electron chi connectivity index (χ1n) is 6.32. The van der Waals surface area contributed by atoms with Crippen molar-refractivity contribution in [2.75, 3.05) is 0 Å². The van der Waals surface area contributed by atoms with Crippen LogP contribution in [0.4, 0.5) is 4.79 Å². The van der Waals surface area contributed by atoms with Gasteiger partial charge in [0.25, 0.3) is 5.91 Å². The van der Waals surface area contributed by atoms with E-state index in [9.17, 15) is 9.59 Å². The van der Waals surface area contributed by atoms with Crippen LogP contribution in [0.2, 0.25) is 0 Å².